The first-order chi connectivity index (χ1) is 6.81. The molecule has 0 aromatic heterocycles. The van der Waals surface area contributed by atoms with Crippen molar-refractivity contribution < 1.29 is 5.11 Å². The Balaban J connectivity index is 2.23. The van der Waals surface area contributed by atoms with E-state index in [9.17, 15) is 5.11 Å². The Labute approximate surface area is 85.8 Å². The van der Waals surface area contributed by atoms with Gasteiger partial charge >= 0.3 is 0 Å². The largest absolute Gasteiger partial charge is 0.508 e. The SMILES string of the molecule is CCCCc1cc2c(cc1O)CCC2. The van der Waals surface area contributed by atoms with Crippen LogP contribution in [0.4, 0.5) is 0 Å². The molecule has 1 N–H and O–H groups in total. The Morgan fingerprint density at radius 2 is 1.93 bits per heavy atom. The number of rotatable bonds is 3. The standard InChI is InChI=1S/C13H18O/c1-2-3-5-12-8-10-6-4-7-11(10)9-13(12)14/h8-9,14H,2-7H2,1H3. The molecule has 1 aliphatic carbocycles. The van der Waals surface area contributed by atoms with Crippen molar-refractivity contribution in [2.24, 2.45) is 0 Å². The molecule has 0 spiro atoms. The third kappa shape index (κ3) is 1.77. The average molecular weight is 190 g/mol. The highest BCUT2D eigenvalue weighted by Crippen LogP contribution is 2.29. The maximum atomic E-state index is 9.80. The highest BCUT2D eigenvalue weighted by atomic mass is 16.3. The molecule has 0 radical (unpaired) electrons. The van der Waals surface area contributed by atoms with E-state index in [1.54, 1.807) is 0 Å². The number of aromatic hydroxyl groups is 1. The first kappa shape index (κ1) is 9.57. The van der Waals surface area contributed by atoms with Crippen LogP contribution in [0.2, 0.25) is 0 Å². The van der Waals surface area contributed by atoms with E-state index in [2.05, 4.69) is 13.0 Å². The molecule has 1 nitrogen and oxygen atoms in total. The zero-order valence-corrected chi connectivity index (χ0v) is 8.84. The second-order valence-electron chi connectivity index (χ2n) is 4.21. The maximum Gasteiger partial charge on any atom is 0.119 e. The van der Waals surface area contributed by atoms with Crippen LogP contribution in [0.3, 0.4) is 0 Å². The van der Waals surface area contributed by atoms with Crippen LogP contribution < -0.4 is 0 Å². The molecule has 76 valence electrons. The van der Waals surface area contributed by atoms with Crippen molar-refractivity contribution in [2.45, 2.75) is 45.4 Å². The van der Waals surface area contributed by atoms with Crippen LogP contribution in [0.1, 0.15) is 42.9 Å². The van der Waals surface area contributed by atoms with Gasteiger partial charge in [0.1, 0.15) is 5.75 Å². The highest BCUT2D eigenvalue weighted by Gasteiger charge is 2.13. The smallest absolute Gasteiger partial charge is 0.119 e. The summed E-state index contributed by atoms with van der Waals surface area (Å²) in [7, 11) is 0. The van der Waals surface area contributed by atoms with E-state index in [4.69, 9.17) is 0 Å². The van der Waals surface area contributed by atoms with Gasteiger partial charge in [-0.1, -0.05) is 19.4 Å². The topological polar surface area (TPSA) is 20.2 Å². The van der Waals surface area contributed by atoms with Crippen molar-refractivity contribution in [1.29, 1.82) is 0 Å². The summed E-state index contributed by atoms with van der Waals surface area (Å²) in [4.78, 5) is 0. The van der Waals surface area contributed by atoms with E-state index in [1.807, 2.05) is 6.07 Å². The maximum absolute atomic E-state index is 9.80. The number of unbranched alkanes of at least 4 members (excludes halogenated alkanes) is 1. The molecule has 2 rings (SSSR count). The average Bonchev–Trinajstić information content (AvgIpc) is 2.61. The first-order valence-corrected chi connectivity index (χ1v) is 5.65. The van der Waals surface area contributed by atoms with Gasteiger partial charge in [-0.05, 0) is 54.9 Å². The molecule has 1 heteroatoms. The molecular weight excluding hydrogens is 172 g/mol. The van der Waals surface area contributed by atoms with Crippen LogP contribution in [0.15, 0.2) is 12.1 Å². The van der Waals surface area contributed by atoms with Gasteiger partial charge in [-0.15, -0.1) is 0 Å². The summed E-state index contributed by atoms with van der Waals surface area (Å²) in [5, 5.41) is 9.80. The van der Waals surface area contributed by atoms with E-state index in [0.717, 1.165) is 18.4 Å². The van der Waals surface area contributed by atoms with E-state index in [1.165, 1.54) is 36.8 Å². The minimum Gasteiger partial charge on any atom is -0.508 e. The summed E-state index contributed by atoms with van der Waals surface area (Å²) < 4.78 is 0. The minimum atomic E-state index is 0.513. The molecule has 1 aromatic rings. The number of phenolic OH excluding ortho intramolecular Hbond substituents is 1. The monoisotopic (exact) mass is 190 g/mol. The molecule has 0 heterocycles. The van der Waals surface area contributed by atoms with E-state index in [0.29, 0.717) is 5.75 Å². The fraction of sp³-hybridized carbons (Fsp3) is 0.538. The van der Waals surface area contributed by atoms with E-state index in [-0.39, 0.29) is 0 Å². The molecule has 0 fully saturated rings. The molecule has 0 unspecified atom stereocenters. The van der Waals surface area contributed by atoms with Gasteiger partial charge in [-0.25, -0.2) is 0 Å². The molecule has 0 bridgehead atoms. The number of fused-ring (bicyclic) bond motifs is 1. The Morgan fingerprint density at radius 3 is 2.64 bits per heavy atom. The fourth-order valence-corrected chi connectivity index (χ4v) is 2.23. The Hall–Kier alpha value is -0.980. The van der Waals surface area contributed by atoms with Crippen LogP contribution in [0.5, 0.6) is 5.75 Å². The van der Waals surface area contributed by atoms with Gasteiger partial charge in [0.25, 0.3) is 0 Å². The molecule has 0 saturated carbocycles. The lowest BCUT2D eigenvalue weighted by molar-refractivity contribution is 0.466. The van der Waals surface area contributed by atoms with Crippen molar-refractivity contribution in [1.82, 2.24) is 0 Å². The Kier molecular flexibility index (Phi) is 2.76. The van der Waals surface area contributed by atoms with Crippen LogP contribution in [0.25, 0.3) is 0 Å². The highest BCUT2D eigenvalue weighted by molar-refractivity contribution is 5.44. The predicted molar refractivity (Wildman–Crippen MR) is 58.7 cm³/mol. The number of hydrogen-bond acceptors (Lipinski definition) is 1. The quantitative estimate of drug-likeness (QED) is 0.776. The lowest BCUT2D eigenvalue weighted by atomic mass is 10.0. The van der Waals surface area contributed by atoms with Gasteiger partial charge in [0, 0.05) is 0 Å². The van der Waals surface area contributed by atoms with Crippen molar-refractivity contribution in [3.05, 3.63) is 28.8 Å². The molecule has 0 saturated heterocycles. The van der Waals surface area contributed by atoms with Gasteiger partial charge in [0.2, 0.25) is 0 Å². The summed E-state index contributed by atoms with van der Waals surface area (Å²) in [5.41, 5.74) is 3.98. The van der Waals surface area contributed by atoms with Crippen LogP contribution >= 0.6 is 0 Å². The lowest BCUT2D eigenvalue weighted by Gasteiger charge is -2.07. The minimum absolute atomic E-state index is 0.513. The van der Waals surface area contributed by atoms with Crippen LogP contribution in [-0.2, 0) is 19.3 Å². The van der Waals surface area contributed by atoms with Crippen molar-refractivity contribution in [3.8, 4) is 5.75 Å². The van der Waals surface area contributed by atoms with Gasteiger partial charge in [-0.3, -0.25) is 0 Å². The zero-order valence-electron chi connectivity index (χ0n) is 8.84. The lowest BCUT2D eigenvalue weighted by Crippen LogP contribution is -1.90. The summed E-state index contributed by atoms with van der Waals surface area (Å²) in [6.07, 6.45) is 7.00. The second kappa shape index (κ2) is 4.04. The van der Waals surface area contributed by atoms with Crippen molar-refractivity contribution in [3.63, 3.8) is 0 Å². The molecule has 0 aliphatic heterocycles. The predicted octanol–water partition coefficient (Wildman–Crippen LogP) is 3.22. The molecule has 0 atom stereocenters. The van der Waals surface area contributed by atoms with E-state index < -0.39 is 0 Å². The summed E-state index contributed by atoms with van der Waals surface area (Å²) in [6.45, 7) is 2.18. The molecule has 14 heavy (non-hydrogen) atoms. The number of aryl methyl sites for hydroxylation is 3. The number of benzene rings is 1. The summed E-state index contributed by atoms with van der Waals surface area (Å²) in [6, 6.07) is 4.20. The Morgan fingerprint density at radius 1 is 1.21 bits per heavy atom. The third-order valence-corrected chi connectivity index (χ3v) is 3.09. The van der Waals surface area contributed by atoms with Gasteiger partial charge < -0.3 is 5.11 Å². The van der Waals surface area contributed by atoms with Crippen LogP contribution in [-0.4, -0.2) is 5.11 Å². The molecule has 1 aliphatic rings. The third-order valence-electron chi connectivity index (χ3n) is 3.09. The Bertz CT molecular complexity index is 328. The molecule has 1 aromatic carbocycles. The zero-order chi connectivity index (χ0) is 9.97. The van der Waals surface area contributed by atoms with Crippen molar-refractivity contribution in [2.75, 3.05) is 0 Å². The van der Waals surface area contributed by atoms with Gasteiger partial charge in [-0.2, -0.15) is 0 Å². The molecule has 0 amide bonds. The summed E-state index contributed by atoms with van der Waals surface area (Å²) in [5.74, 6) is 0.513. The molecular formula is C13H18O. The number of phenols is 1. The van der Waals surface area contributed by atoms with Gasteiger partial charge in [0.05, 0.1) is 0 Å². The number of hydrogen-bond donors (Lipinski definition) is 1. The summed E-state index contributed by atoms with van der Waals surface area (Å²) >= 11 is 0. The normalized spacial score (nSPS) is 14.4. The van der Waals surface area contributed by atoms with Gasteiger partial charge in [0.15, 0.2) is 0 Å². The van der Waals surface area contributed by atoms with E-state index >= 15 is 0 Å². The first-order valence-electron chi connectivity index (χ1n) is 5.65. The second-order valence-corrected chi connectivity index (χ2v) is 4.21. The van der Waals surface area contributed by atoms with Crippen LogP contribution in [0, 0.1) is 0 Å². The van der Waals surface area contributed by atoms with Crippen molar-refractivity contribution >= 4 is 0 Å². The fourth-order valence-electron chi connectivity index (χ4n) is 2.23.